The van der Waals surface area contributed by atoms with Crippen LogP contribution in [0.4, 0.5) is 0 Å². The molecule has 0 fully saturated rings. The second-order valence-electron chi connectivity index (χ2n) is 5.83. The summed E-state index contributed by atoms with van der Waals surface area (Å²) in [5.74, 6) is 1.04. The Bertz CT molecular complexity index is 276. The van der Waals surface area contributed by atoms with Crippen LogP contribution in [0.2, 0.25) is 0 Å². The number of ether oxygens (including phenoxy) is 1. The zero-order valence-corrected chi connectivity index (χ0v) is 13.5. The first-order valence-electron chi connectivity index (χ1n) is 7.25. The zero-order chi connectivity index (χ0) is 15.0. The highest BCUT2D eigenvalue weighted by Gasteiger charge is 2.30. The van der Waals surface area contributed by atoms with Crippen LogP contribution in [0.5, 0.6) is 0 Å². The van der Waals surface area contributed by atoms with Crippen molar-refractivity contribution in [3.8, 4) is 0 Å². The fraction of sp³-hybridized carbons (Fsp3) is 0.812. The van der Waals surface area contributed by atoms with Gasteiger partial charge in [-0.25, -0.2) is 0 Å². The van der Waals surface area contributed by atoms with Crippen LogP contribution in [0.15, 0.2) is 12.3 Å². The van der Waals surface area contributed by atoms with Gasteiger partial charge in [-0.1, -0.05) is 40.7 Å². The summed E-state index contributed by atoms with van der Waals surface area (Å²) in [5.41, 5.74) is 1.12. The summed E-state index contributed by atoms with van der Waals surface area (Å²) in [5, 5.41) is 0. The molecule has 112 valence electrons. The van der Waals surface area contributed by atoms with E-state index in [0.29, 0.717) is 18.3 Å². The second-order valence-corrected chi connectivity index (χ2v) is 5.83. The molecule has 0 bridgehead atoms. The predicted molar refractivity (Wildman–Crippen MR) is 81.1 cm³/mol. The van der Waals surface area contributed by atoms with Crippen LogP contribution in [0.25, 0.3) is 0 Å². The molecular formula is C16H31NO2. The Morgan fingerprint density at radius 1 is 1.37 bits per heavy atom. The van der Waals surface area contributed by atoms with Gasteiger partial charge >= 0.3 is 0 Å². The molecular weight excluding hydrogens is 238 g/mol. The maximum atomic E-state index is 10.8. The van der Waals surface area contributed by atoms with Gasteiger partial charge in [-0.3, -0.25) is 0 Å². The highest BCUT2D eigenvalue weighted by molar-refractivity contribution is 5.50. The standard InChI is InChI=1S/C16H31NO2/c1-8-13(4)16(15(19-7)9-10-18)17(6)14(5)11-12(2)3/h10,12-13,15-16H,5,8-9,11H2,1-4,6-7H3/t13-,15+,16-/m0/s1. The molecule has 0 N–H and O–H groups in total. The average molecular weight is 269 g/mol. The van der Waals surface area contributed by atoms with Crippen LogP contribution in [-0.2, 0) is 9.53 Å². The average Bonchev–Trinajstić information content (AvgIpc) is 2.36. The summed E-state index contributed by atoms with van der Waals surface area (Å²) in [6, 6.07) is 0.200. The summed E-state index contributed by atoms with van der Waals surface area (Å²) in [7, 11) is 3.75. The number of carbonyl (C=O) groups is 1. The van der Waals surface area contributed by atoms with Gasteiger partial charge in [0.25, 0.3) is 0 Å². The minimum Gasteiger partial charge on any atom is -0.379 e. The number of rotatable bonds is 10. The van der Waals surface area contributed by atoms with Gasteiger partial charge < -0.3 is 14.4 Å². The quantitative estimate of drug-likeness (QED) is 0.569. The van der Waals surface area contributed by atoms with Gasteiger partial charge in [0.05, 0.1) is 12.1 Å². The van der Waals surface area contributed by atoms with Gasteiger partial charge in [-0.15, -0.1) is 0 Å². The number of hydrogen-bond acceptors (Lipinski definition) is 3. The summed E-state index contributed by atoms with van der Waals surface area (Å²) in [6.45, 7) is 13.0. The molecule has 3 atom stereocenters. The van der Waals surface area contributed by atoms with Gasteiger partial charge in [0.1, 0.15) is 6.29 Å². The van der Waals surface area contributed by atoms with Crippen molar-refractivity contribution in [2.75, 3.05) is 14.2 Å². The van der Waals surface area contributed by atoms with Crippen molar-refractivity contribution in [2.45, 2.75) is 59.1 Å². The summed E-state index contributed by atoms with van der Waals surface area (Å²) < 4.78 is 5.54. The second kappa shape index (κ2) is 9.13. The number of methoxy groups -OCH3 is 1. The number of hydrogen-bond donors (Lipinski definition) is 0. The molecule has 0 aromatic heterocycles. The van der Waals surface area contributed by atoms with Crippen LogP contribution in [-0.4, -0.2) is 37.5 Å². The molecule has 3 heteroatoms. The molecule has 3 nitrogen and oxygen atoms in total. The van der Waals surface area contributed by atoms with Crippen LogP contribution >= 0.6 is 0 Å². The van der Waals surface area contributed by atoms with E-state index in [9.17, 15) is 4.79 Å². The number of carbonyl (C=O) groups excluding carboxylic acids is 1. The molecule has 0 saturated carbocycles. The smallest absolute Gasteiger partial charge is 0.122 e. The molecule has 0 saturated heterocycles. The van der Waals surface area contributed by atoms with Crippen LogP contribution in [0, 0.1) is 11.8 Å². The Balaban J connectivity index is 5.00. The first kappa shape index (κ1) is 18.2. The fourth-order valence-electron chi connectivity index (χ4n) is 2.54. The minimum absolute atomic E-state index is 0.0682. The van der Waals surface area contributed by atoms with Crippen LogP contribution < -0.4 is 0 Å². The molecule has 0 heterocycles. The van der Waals surface area contributed by atoms with Crippen molar-refractivity contribution in [1.82, 2.24) is 4.90 Å². The van der Waals surface area contributed by atoms with E-state index in [2.05, 4.69) is 46.2 Å². The van der Waals surface area contributed by atoms with Gasteiger partial charge in [-0.2, -0.15) is 0 Å². The minimum atomic E-state index is -0.0682. The third-order valence-corrected chi connectivity index (χ3v) is 3.83. The lowest BCUT2D eigenvalue weighted by atomic mass is 9.90. The van der Waals surface area contributed by atoms with E-state index in [0.717, 1.165) is 24.8 Å². The number of likely N-dealkylation sites (N-methyl/N-ethyl adjacent to an activating group) is 1. The molecule has 0 spiro atoms. The maximum Gasteiger partial charge on any atom is 0.122 e. The molecule has 0 aromatic carbocycles. The number of allylic oxidation sites excluding steroid dienone is 1. The van der Waals surface area contributed by atoms with E-state index in [4.69, 9.17) is 4.74 Å². The van der Waals surface area contributed by atoms with E-state index in [1.807, 2.05) is 0 Å². The lowest BCUT2D eigenvalue weighted by molar-refractivity contribution is -0.111. The molecule has 0 aliphatic rings. The van der Waals surface area contributed by atoms with E-state index >= 15 is 0 Å². The van der Waals surface area contributed by atoms with Gasteiger partial charge in [0.2, 0.25) is 0 Å². The van der Waals surface area contributed by atoms with E-state index in [1.165, 1.54) is 0 Å². The topological polar surface area (TPSA) is 29.5 Å². The predicted octanol–water partition coefficient (Wildman–Crippen LogP) is 3.50. The van der Waals surface area contributed by atoms with Crippen LogP contribution in [0.1, 0.15) is 47.0 Å². The number of nitrogens with zero attached hydrogens (tertiary/aromatic N) is 1. The normalized spacial score (nSPS) is 15.9. The van der Waals surface area contributed by atoms with Crippen molar-refractivity contribution in [3.05, 3.63) is 12.3 Å². The summed E-state index contributed by atoms with van der Waals surface area (Å²) in [6.07, 6.45) is 3.35. The van der Waals surface area contributed by atoms with Crippen molar-refractivity contribution in [2.24, 2.45) is 11.8 Å². The molecule has 0 aromatic rings. The molecule has 0 radical (unpaired) electrons. The summed E-state index contributed by atoms with van der Waals surface area (Å²) >= 11 is 0. The van der Waals surface area contributed by atoms with Crippen LogP contribution in [0.3, 0.4) is 0 Å². The van der Waals surface area contributed by atoms with Crippen molar-refractivity contribution >= 4 is 6.29 Å². The Kier molecular flexibility index (Phi) is 8.73. The Hall–Kier alpha value is -0.830. The Morgan fingerprint density at radius 3 is 2.32 bits per heavy atom. The van der Waals surface area contributed by atoms with Gasteiger partial charge in [0.15, 0.2) is 0 Å². The monoisotopic (exact) mass is 269 g/mol. The first-order valence-corrected chi connectivity index (χ1v) is 7.25. The lowest BCUT2D eigenvalue weighted by Gasteiger charge is -2.40. The highest BCUT2D eigenvalue weighted by atomic mass is 16.5. The first-order chi connectivity index (χ1) is 8.88. The maximum absolute atomic E-state index is 10.8. The molecule has 0 unspecified atom stereocenters. The third kappa shape index (κ3) is 5.77. The third-order valence-electron chi connectivity index (χ3n) is 3.83. The molecule has 19 heavy (non-hydrogen) atoms. The molecule has 0 amide bonds. The Morgan fingerprint density at radius 2 is 1.95 bits per heavy atom. The fourth-order valence-corrected chi connectivity index (χ4v) is 2.54. The molecule has 0 aliphatic carbocycles. The largest absolute Gasteiger partial charge is 0.379 e. The zero-order valence-electron chi connectivity index (χ0n) is 13.5. The highest BCUT2D eigenvalue weighted by Crippen LogP contribution is 2.25. The molecule has 0 rings (SSSR count). The van der Waals surface area contributed by atoms with E-state index in [1.54, 1.807) is 7.11 Å². The van der Waals surface area contributed by atoms with Gasteiger partial charge in [-0.05, 0) is 18.3 Å². The lowest BCUT2D eigenvalue weighted by Crippen LogP contribution is -2.46. The number of aldehydes is 1. The van der Waals surface area contributed by atoms with Crippen molar-refractivity contribution in [3.63, 3.8) is 0 Å². The van der Waals surface area contributed by atoms with E-state index < -0.39 is 0 Å². The van der Waals surface area contributed by atoms with Crippen molar-refractivity contribution in [1.29, 1.82) is 0 Å². The summed E-state index contributed by atoms with van der Waals surface area (Å²) in [4.78, 5) is 13.1. The molecule has 0 aliphatic heterocycles. The SMILES string of the molecule is C=C(CC(C)C)N(C)[C@@H]([C@@H](C)CC)[C@@H](CC=O)OC. The van der Waals surface area contributed by atoms with E-state index in [-0.39, 0.29) is 12.1 Å². The Labute approximate surface area is 119 Å². The van der Waals surface area contributed by atoms with Gasteiger partial charge in [0, 0.05) is 26.3 Å². The van der Waals surface area contributed by atoms with Crippen molar-refractivity contribution < 1.29 is 9.53 Å².